The van der Waals surface area contributed by atoms with Crippen molar-refractivity contribution < 1.29 is 0 Å². The number of rotatable bonds is 3. The van der Waals surface area contributed by atoms with Crippen molar-refractivity contribution in [3.05, 3.63) is 23.8 Å². The number of H-pyrrole nitrogens is 1. The lowest BCUT2D eigenvalue weighted by Gasteiger charge is -1.88. The third-order valence-corrected chi connectivity index (χ3v) is 1.47. The molecule has 60 valence electrons. The second kappa shape index (κ2) is 3.93. The number of likely N-dealkylation sites (N-methyl/N-ethyl adjacent to an activating group) is 1. The lowest BCUT2D eigenvalue weighted by atomic mass is 10.3. The summed E-state index contributed by atoms with van der Waals surface area (Å²) >= 11 is 0. The summed E-state index contributed by atoms with van der Waals surface area (Å²) in [7, 11) is 1.92. The molecule has 0 fully saturated rings. The predicted molar refractivity (Wildman–Crippen MR) is 46.3 cm³/mol. The van der Waals surface area contributed by atoms with E-state index < -0.39 is 0 Å². The molecular weight excluding hydrogens is 138 g/mol. The topological polar surface area (TPSA) is 40.7 Å². The second-order valence-corrected chi connectivity index (χ2v) is 2.37. The first kappa shape index (κ1) is 8.01. The summed E-state index contributed by atoms with van der Waals surface area (Å²) in [5, 5.41) is 3.02. The van der Waals surface area contributed by atoms with Gasteiger partial charge in [-0.15, -0.1) is 0 Å². The number of nitrogens with zero attached hydrogens (tertiary/aromatic N) is 1. The van der Waals surface area contributed by atoms with Crippen molar-refractivity contribution in [3.8, 4) is 0 Å². The van der Waals surface area contributed by atoms with Gasteiger partial charge in [0.1, 0.15) is 0 Å². The number of aromatic nitrogens is 2. The molecule has 0 atom stereocenters. The van der Waals surface area contributed by atoms with Gasteiger partial charge in [-0.05, 0) is 20.0 Å². The van der Waals surface area contributed by atoms with E-state index in [0.717, 1.165) is 17.9 Å². The maximum Gasteiger partial charge on any atom is 0.0929 e. The lowest BCUT2D eigenvalue weighted by molar-refractivity contribution is 0.922. The molecule has 0 aliphatic carbocycles. The van der Waals surface area contributed by atoms with E-state index in [1.165, 1.54) is 0 Å². The van der Waals surface area contributed by atoms with Crippen molar-refractivity contribution in [3.63, 3.8) is 0 Å². The monoisotopic (exact) mass is 151 g/mol. The molecule has 0 aliphatic heterocycles. The van der Waals surface area contributed by atoms with Gasteiger partial charge in [0.05, 0.1) is 12.0 Å². The van der Waals surface area contributed by atoms with Crippen molar-refractivity contribution in [2.24, 2.45) is 0 Å². The van der Waals surface area contributed by atoms with Crippen LogP contribution in [0.4, 0.5) is 0 Å². The summed E-state index contributed by atoms with van der Waals surface area (Å²) in [5.41, 5.74) is 2.12. The van der Waals surface area contributed by atoms with E-state index in [-0.39, 0.29) is 0 Å². The van der Waals surface area contributed by atoms with Gasteiger partial charge in [-0.25, -0.2) is 4.98 Å². The summed E-state index contributed by atoms with van der Waals surface area (Å²) in [6.45, 7) is 2.89. The van der Waals surface area contributed by atoms with Crippen molar-refractivity contribution in [1.29, 1.82) is 0 Å². The Morgan fingerprint density at radius 1 is 1.73 bits per heavy atom. The van der Waals surface area contributed by atoms with E-state index in [2.05, 4.69) is 15.3 Å². The smallest absolute Gasteiger partial charge is 0.0929 e. The highest BCUT2D eigenvalue weighted by Gasteiger charge is 1.92. The van der Waals surface area contributed by atoms with Crippen LogP contribution in [0.3, 0.4) is 0 Å². The molecule has 0 spiro atoms. The van der Waals surface area contributed by atoms with Gasteiger partial charge in [0, 0.05) is 12.2 Å². The molecule has 2 N–H and O–H groups in total. The minimum Gasteiger partial charge on any atom is -0.348 e. The summed E-state index contributed by atoms with van der Waals surface area (Å²) in [6, 6.07) is 0. The Balaban J connectivity index is 2.56. The van der Waals surface area contributed by atoms with Crippen LogP contribution in [0.15, 0.2) is 12.4 Å². The fourth-order valence-electron chi connectivity index (χ4n) is 0.826. The highest BCUT2D eigenvalue weighted by Crippen LogP contribution is 2.01. The molecule has 0 unspecified atom stereocenters. The Labute approximate surface area is 66.5 Å². The quantitative estimate of drug-likeness (QED) is 0.675. The zero-order chi connectivity index (χ0) is 8.10. The molecule has 3 heteroatoms. The summed E-state index contributed by atoms with van der Waals surface area (Å²) < 4.78 is 0. The fraction of sp³-hybridized carbons (Fsp3) is 0.375. The minimum atomic E-state index is 0.881. The number of aryl methyl sites for hydroxylation is 1. The number of hydrogen-bond acceptors (Lipinski definition) is 2. The number of imidazole rings is 1. The van der Waals surface area contributed by atoms with Gasteiger partial charge in [0.25, 0.3) is 0 Å². The Hall–Kier alpha value is -1.09. The highest BCUT2D eigenvalue weighted by molar-refractivity contribution is 5.46. The van der Waals surface area contributed by atoms with Crippen LogP contribution >= 0.6 is 0 Å². The third kappa shape index (κ3) is 2.20. The van der Waals surface area contributed by atoms with Crippen molar-refractivity contribution in [2.45, 2.75) is 6.92 Å². The van der Waals surface area contributed by atoms with E-state index in [1.807, 2.05) is 26.1 Å². The van der Waals surface area contributed by atoms with Crippen LogP contribution in [0.1, 0.15) is 11.4 Å². The average molecular weight is 151 g/mol. The van der Waals surface area contributed by atoms with Gasteiger partial charge in [-0.3, -0.25) is 0 Å². The van der Waals surface area contributed by atoms with Crippen molar-refractivity contribution in [2.75, 3.05) is 13.6 Å². The first-order chi connectivity index (χ1) is 5.34. The van der Waals surface area contributed by atoms with Crippen LogP contribution in [0.5, 0.6) is 0 Å². The zero-order valence-corrected chi connectivity index (χ0v) is 6.89. The van der Waals surface area contributed by atoms with Gasteiger partial charge < -0.3 is 10.3 Å². The minimum absolute atomic E-state index is 0.881. The van der Waals surface area contributed by atoms with Crippen LogP contribution in [0, 0.1) is 6.92 Å². The van der Waals surface area contributed by atoms with Crippen molar-refractivity contribution >= 4 is 6.08 Å². The van der Waals surface area contributed by atoms with Crippen LogP contribution in [-0.4, -0.2) is 23.6 Å². The third-order valence-electron chi connectivity index (χ3n) is 1.47. The molecule has 1 aromatic heterocycles. The molecule has 0 aromatic carbocycles. The van der Waals surface area contributed by atoms with Gasteiger partial charge in [-0.1, -0.05) is 6.08 Å². The molecule has 1 rings (SSSR count). The van der Waals surface area contributed by atoms with Crippen LogP contribution in [0.2, 0.25) is 0 Å². The van der Waals surface area contributed by atoms with E-state index in [9.17, 15) is 0 Å². The summed E-state index contributed by atoms with van der Waals surface area (Å²) in [6.07, 6.45) is 5.75. The van der Waals surface area contributed by atoms with Crippen LogP contribution in [-0.2, 0) is 0 Å². The highest BCUT2D eigenvalue weighted by atomic mass is 14.9. The SMILES string of the molecule is CNCC=Cc1nc[nH]c1C. The van der Waals surface area contributed by atoms with E-state index in [0.29, 0.717) is 0 Å². The van der Waals surface area contributed by atoms with Gasteiger partial charge in [-0.2, -0.15) is 0 Å². The molecule has 0 saturated carbocycles. The first-order valence-corrected chi connectivity index (χ1v) is 3.65. The molecule has 0 saturated heterocycles. The predicted octanol–water partition coefficient (Wildman–Crippen LogP) is 0.951. The average Bonchev–Trinajstić information content (AvgIpc) is 2.37. The summed E-state index contributed by atoms with van der Waals surface area (Å²) in [5.74, 6) is 0. The normalized spacial score (nSPS) is 11.1. The summed E-state index contributed by atoms with van der Waals surface area (Å²) in [4.78, 5) is 7.13. The van der Waals surface area contributed by atoms with Gasteiger partial charge in [0.2, 0.25) is 0 Å². The van der Waals surface area contributed by atoms with Crippen LogP contribution in [0.25, 0.3) is 6.08 Å². The van der Waals surface area contributed by atoms with Crippen LogP contribution < -0.4 is 5.32 Å². The number of nitrogens with one attached hydrogen (secondary N) is 2. The molecule has 0 aliphatic rings. The van der Waals surface area contributed by atoms with E-state index in [1.54, 1.807) is 6.33 Å². The van der Waals surface area contributed by atoms with Gasteiger partial charge >= 0.3 is 0 Å². The van der Waals surface area contributed by atoms with Gasteiger partial charge in [0.15, 0.2) is 0 Å². The van der Waals surface area contributed by atoms with E-state index in [4.69, 9.17) is 0 Å². The zero-order valence-electron chi connectivity index (χ0n) is 6.89. The molecule has 3 nitrogen and oxygen atoms in total. The Morgan fingerprint density at radius 3 is 3.09 bits per heavy atom. The lowest BCUT2D eigenvalue weighted by Crippen LogP contribution is -2.03. The molecule has 0 bridgehead atoms. The maximum absolute atomic E-state index is 4.12. The Kier molecular flexibility index (Phi) is 2.86. The molecule has 1 heterocycles. The number of aromatic amines is 1. The largest absolute Gasteiger partial charge is 0.348 e. The molecule has 0 radical (unpaired) electrons. The standard InChI is InChI=1S/C8H13N3/c1-7-8(11-6-10-7)4-3-5-9-2/h3-4,6,9H,5H2,1-2H3,(H,10,11). The van der Waals surface area contributed by atoms with E-state index >= 15 is 0 Å². The number of hydrogen-bond donors (Lipinski definition) is 2. The van der Waals surface area contributed by atoms with Crippen molar-refractivity contribution in [1.82, 2.24) is 15.3 Å². The molecule has 11 heavy (non-hydrogen) atoms. The molecule has 0 amide bonds. The second-order valence-electron chi connectivity index (χ2n) is 2.37. The molecular formula is C8H13N3. The molecule has 1 aromatic rings. The fourth-order valence-corrected chi connectivity index (χ4v) is 0.826. The first-order valence-electron chi connectivity index (χ1n) is 3.65. The Morgan fingerprint density at radius 2 is 2.55 bits per heavy atom. The Bertz CT molecular complexity index is 237. The maximum atomic E-state index is 4.12.